The lowest BCUT2D eigenvalue weighted by atomic mass is 10.1. The molecule has 0 saturated carbocycles. The van der Waals surface area contributed by atoms with Gasteiger partial charge in [-0.3, -0.25) is 4.79 Å². The third-order valence-electron chi connectivity index (χ3n) is 2.05. The normalized spacial score (nSPS) is 10.4. The molecule has 0 amide bonds. The summed E-state index contributed by atoms with van der Waals surface area (Å²) in [4.78, 5) is 10.9. The number of hydrogen-bond donors (Lipinski definition) is 2. The molecule has 1 heterocycles. The second-order valence-electron chi connectivity index (χ2n) is 3.17. The van der Waals surface area contributed by atoms with Gasteiger partial charge in [-0.1, -0.05) is 0 Å². The van der Waals surface area contributed by atoms with Gasteiger partial charge in [0, 0.05) is 5.56 Å². The number of rotatable bonds is 1. The fraction of sp³-hybridized carbons (Fsp3) is 0. The Morgan fingerprint density at radius 2 is 1.94 bits per heavy atom. The minimum absolute atomic E-state index is 0.0327. The molecule has 16 heavy (non-hydrogen) atoms. The Hall–Kier alpha value is -2.24. The van der Waals surface area contributed by atoms with Gasteiger partial charge >= 0.3 is 0 Å². The molecule has 0 aliphatic rings. The predicted molar refractivity (Wildman–Crippen MR) is 54.6 cm³/mol. The van der Waals surface area contributed by atoms with E-state index in [4.69, 9.17) is 5.73 Å². The van der Waals surface area contributed by atoms with Crippen molar-refractivity contribution in [3.63, 3.8) is 0 Å². The first kappa shape index (κ1) is 10.3. The van der Waals surface area contributed by atoms with Crippen molar-refractivity contribution in [1.82, 2.24) is 10.2 Å². The summed E-state index contributed by atoms with van der Waals surface area (Å²) in [5.74, 6) is -1.93. The van der Waals surface area contributed by atoms with E-state index in [0.29, 0.717) is 5.56 Å². The van der Waals surface area contributed by atoms with Gasteiger partial charge in [-0.2, -0.15) is 5.10 Å². The van der Waals surface area contributed by atoms with E-state index >= 15 is 0 Å². The monoisotopic (exact) mass is 223 g/mol. The van der Waals surface area contributed by atoms with Crippen LogP contribution in [0.2, 0.25) is 0 Å². The number of anilines is 1. The molecule has 0 saturated heterocycles. The maximum atomic E-state index is 12.9. The molecule has 2 aromatic rings. The zero-order valence-corrected chi connectivity index (χ0v) is 8.00. The summed E-state index contributed by atoms with van der Waals surface area (Å²) >= 11 is 0. The fourth-order valence-corrected chi connectivity index (χ4v) is 1.22. The Labute approximate surface area is 88.7 Å². The second-order valence-corrected chi connectivity index (χ2v) is 3.17. The minimum atomic E-state index is -0.982. The summed E-state index contributed by atoms with van der Waals surface area (Å²) in [5.41, 5.74) is 5.43. The molecule has 0 unspecified atom stereocenters. The molecule has 0 fully saturated rings. The molecule has 0 aliphatic heterocycles. The van der Waals surface area contributed by atoms with Crippen LogP contribution in [-0.4, -0.2) is 10.2 Å². The SMILES string of the molecule is Nc1cc(-c2ccc(F)c(F)c2)n[nH]c1=O. The lowest BCUT2D eigenvalue weighted by Crippen LogP contribution is -2.13. The molecule has 2 rings (SSSR count). The van der Waals surface area contributed by atoms with Crippen molar-refractivity contribution in [2.24, 2.45) is 0 Å². The Bertz CT molecular complexity index is 595. The number of halogens is 2. The highest BCUT2D eigenvalue weighted by atomic mass is 19.2. The third kappa shape index (κ3) is 1.77. The van der Waals surface area contributed by atoms with Crippen molar-refractivity contribution in [3.05, 3.63) is 46.3 Å². The van der Waals surface area contributed by atoms with Gasteiger partial charge in [0.05, 0.1) is 5.69 Å². The van der Waals surface area contributed by atoms with Crippen molar-refractivity contribution in [2.45, 2.75) is 0 Å². The van der Waals surface area contributed by atoms with Crippen molar-refractivity contribution >= 4 is 5.69 Å². The van der Waals surface area contributed by atoms with Crippen LogP contribution in [-0.2, 0) is 0 Å². The van der Waals surface area contributed by atoms with Crippen LogP contribution in [0, 0.1) is 11.6 Å². The highest BCUT2D eigenvalue weighted by molar-refractivity contribution is 5.61. The number of aromatic nitrogens is 2. The molecule has 6 heteroatoms. The minimum Gasteiger partial charge on any atom is -0.394 e. The number of hydrogen-bond acceptors (Lipinski definition) is 3. The lowest BCUT2D eigenvalue weighted by Gasteiger charge is -2.01. The fourth-order valence-electron chi connectivity index (χ4n) is 1.22. The van der Waals surface area contributed by atoms with E-state index < -0.39 is 17.2 Å². The second kappa shape index (κ2) is 3.73. The smallest absolute Gasteiger partial charge is 0.287 e. The van der Waals surface area contributed by atoms with Gasteiger partial charge in [-0.05, 0) is 24.3 Å². The molecule has 4 nitrogen and oxygen atoms in total. The first-order valence-corrected chi connectivity index (χ1v) is 4.38. The molecule has 0 spiro atoms. The van der Waals surface area contributed by atoms with Crippen LogP contribution in [0.25, 0.3) is 11.3 Å². The van der Waals surface area contributed by atoms with E-state index in [-0.39, 0.29) is 11.4 Å². The molecule has 0 aliphatic carbocycles. The standard InChI is InChI=1S/C10H7F2N3O/c11-6-2-1-5(3-7(6)12)9-4-8(13)10(16)15-14-9/h1-4H,(H2,13,14)(H,15,16). The summed E-state index contributed by atoms with van der Waals surface area (Å²) < 4.78 is 25.6. The van der Waals surface area contributed by atoms with Crippen LogP contribution in [0.4, 0.5) is 14.5 Å². The van der Waals surface area contributed by atoms with Crippen LogP contribution in [0.1, 0.15) is 0 Å². The first-order chi connectivity index (χ1) is 7.58. The molecule has 3 N–H and O–H groups in total. The zero-order chi connectivity index (χ0) is 11.7. The van der Waals surface area contributed by atoms with Gasteiger partial charge in [0.25, 0.3) is 5.56 Å². The molecule has 1 aromatic heterocycles. The molecule has 0 atom stereocenters. The van der Waals surface area contributed by atoms with E-state index in [1.807, 2.05) is 0 Å². The largest absolute Gasteiger partial charge is 0.394 e. The molecule has 82 valence electrons. The van der Waals surface area contributed by atoms with Gasteiger partial charge in [0.15, 0.2) is 11.6 Å². The molecule has 0 bridgehead atoms. The van der Waals surface area contributed by atoms with Crippen molar-refractivity contribution < 1.29 is 8.78 Å². The quantitative estimate of drug-likeness (QED) is 0.765. The van der Waals surface area contributed by atoms with Gasteiger partial charge in [-0.15, -0.1) is 0 Å². The van der Waals surface area contributed by atoms with Crippen molar-refractivity contribution in [2.75, 3.05) is 5.73 Å². The number of benzene rings is 1. The number of nitrogens with one attached hydrogen (secondary N) is 1. The third-order valence-corrected chi connectivity index (χ3v) is 2.05. The highest BCUT2D eigenvalue weighted by Gasteiger charge is 2.06. The van der Waals surface area contributed by atoms with Crippen molar-refractivity contribution in [3.8, 4) is 11.3 Å². The van der Waals surface area contributed by atoms with E-state index in [1.54, 1.807) is 0 Å². The van der Waals surface area contributed by atoms with E-state index in [1.165, 1.54) is 12.1 Å². The number of nitrogen functional groups attached to an aromatic ring is 1. The maximum absolute atomic E-state index is 12.9. The van der Waals surface area contributed by atoms with E-state index in [0.717, 1.165) is 12.1 Å². The zero-order valence-electron chi connectivity index (χ0n) is 8.00. The Kier molecular flexibility index (Phi) is 2.40. The van der Waals surface area contributed by atoms with Gasteiger partial charge < -0.3 is 5.73 Å². The average Bonchev–Trinajstić information content (AvgIpc) is 2.26. The van der Waals surface area contributed by atoms with Crippen LogP contribution in [0.3, 0.4) is 0 Å². The summed E-state index contributed by atoms with van der Waals surface area (Å²) in [6.45, 7) is 0. The Morgan fingerprint density at radius 3 is 2.56 bits per heavy atom. The van der Waals surface area contributed by atoms with E-state index in [2.05, 4.69) is 10.2 Å². The first-order valence-electron chi connectivity index (χ1n) is 4.38. The average molecular weight is 223 g/mol. The topological polar surface area (TPSA) is 71.8 Å². The summed E-state index contributed by atoms with van der Waals surface area (Å²) in [6.07, 6.45) is 0. The molecule has 1 aromatic carbocycles. The molecular formula is C10H7F2N3O. The molecular weight excluding hydrogens is 216 g/mol. The maximum Gasteiger partial charge on any atom is 0.287 e. The van der Waals surface area contributed by atoms with Gasteiger partial charge in [0.2, 0.25) is 0 Å². The highest BCUT2D eigenvalue weighted by Crippen LogP contribution is 2.19. The van der Waals surface area contributed by atoms with Crippen LogP contribution in [0.15, 0.2) is 29.1 Å². The lowest BCUT2D eigenvalue weighted by molar-refractivity contribution is 0.509. The van der Waals surface area contributed by atoms with Crippen LogP contribution >= 0.6 is 0 Å². The summed E-state index contributed by atoms with van der Waals surface area (Å²) in [5, 5.41) is 5.83. The Balaban J connectivity index is 2.54. The van der Waals surface area contributed by atoms with Gasteiger partial charge in [-0.25, -0.2) is 13.9 Å². The van der Waals surface area contributed by atoms with E-state index in [9.17, 15) is 13.6 Å². The number of aromatic amines is 1. The van der Waals surface area contributed by atoms with Gasteiger partial charge in [0.1, 0.15) is 5.69 Å². The predicted octanol–water partition coefficient (Wildman–Crippen LogP) is 1.30. The molecule has 0 radical (unpaired) electrons. The number of H-pyrrole nitrogens is 1. The van der Waals surface area contributed by atoms with Crippen LogP contribution < -0.4 is 11.3 Å². The van der Waals surface area contributed by atoms with Crippen molar-refractivity contribution in [1.29, 1.82) is 0 Å². The number of nitrogens with two attached hydrogens (primary N) is 1. The number of nitrogens with zero attached hydrogens (tertiary/aromatic N) is 1. The summed E-state index contributed by atoms with van der Waals surface area (Å²) in [7, 11) is 0. The summed E-state index contributed by atoms with van der Waals surface area (Å²) in [6, 6.07) is 4.60. The Morgan fingerprint density at radius 1 is 1.19 bits per heavy atom. The van der Waals surface area contributed by atoms with Crippen LogP contribution in [0.5, 0.6) is 0 Å².